The van der Waals surface area contributed by atoms with Crippen LogP contribution in [0.1, 0.15) is 41.3 Å². The van der Waals surface area contributed by atoms with E-state index in [4.69, 9.17) is 9.88 Å². The maximum atomic E-state index is 13.0. The normalized spacial score (nSPS) is 14.4. The van der Waals surface area contributed by atoms with E-state index in [9.17, 15) is 18.0 Å². The molecule has 1 amide bonds. The predicted molar refractivity (Wildman–Crippen MR) is 121 cm³/mol. The fraction of sp³-hybridized carbons (Fsp3) is 0.318. The van der Waals surface area contributed by atoms with E-state index >= 15 is 0 Å². The van der Waals surface area contributed by atoms with E-state index in [0.29, 0.717) is 15.8 Å². The topological polar surface area (TPSA) is 121 Å². The van der Waals surface area contributed by atoms with Gasteiger partial charge in [0.25, 0.3) is 5.91 Å². The predicted octanol–water partition coefficient (Wildman–Crippen LogP) is 2.53. The summed E-state index contributed by atoms with van der Waals surface area (Å²) < 4.78 is 30.6. The first kappa shape index (κ1) is 22.4. The minimum Gasteiger partial charge on any atom is -0.465 e. The molecule has 32 heavy (non-hydrogen) atoms. The van der Waals surface area contributed by atoms with Gasteiger partial charge in [-0.1, -0.05) is 17.4 Å². The van der Waals surface area contributed by atoms with Crippen LogP contribution < -0.4 is 9.94 Å². The molecule has 8 nitrogen and oxygen atoms in total. The summed E-state index contributed by atoms with van der Waals surface area (Å²) in [5, 5.41) is 5.24. The molecule has 0 saturated carbocycles. The van der Waals surface area contributed by atoms with Crippen molar-refractivity contribution in [1.29, 1.82) is 0 Å². The zero-order valence-electron chi connectivity index (χ0n) is 17.5. The van der Waals surface area contributed by atoms with Gasteiger partial charge in [-0.3, -0.25) is 9.59 Å². The summed E-state index contributed by atoms with van der Waals surface area (Å²) in [5.74, 6) is -0.903. The highest BCUT2D eigenvalue weighted by Crippen LogP contribution is 2.24. The van der Waals surface area contributed by atoms with E-state index in [0.717, 1.165) is 37.0 Å². The molecule has 0 aliphatic heterocycles. The number of aryl methyl sites for hydroxylation is 2. The second-order valence-corrected chi connectivity index (χ2v) is 10.1. The van der Waals surface area contributed by atoms with Crippen LogP contribution in [0.25, 0.3) is 10.2 Å². The molecule has 1 aliphatic rings. The van der Waals surface area contributed by atoms with Crippen molar-refractivity contribution in [3.05, 3.63) is 57.9 Å². The summed E-state index contributed by atoms with van der Waals surface area (Å²) in [6.07, 6.45) is 4.21. The lowest BCUT2D eigenvalue weighted by atomic mass is 9.90. The number of sulfonamides is 1. The van der Waals surface area contributed by atoms with E-state index in [2.05, 4.69) is 4.99 Å². The van der Waals surface area contributed by atoms with Gasteiger partial charge >= 0.3 is 5.97 Å². The Labute approximate surface area is 189 Å². The van der Waals surface area contributed by atoms with Crippen molar-refractivity contribution in [2.75, 3.05) is 6.61 Å². The molecule has 2 aromatic carbocycles. The summed E-state index contributed by atoms with van der Waals surface area (Å²) in [4.78, 5) is 29.6. The SMILES string of the molecule is CCOC(=O)Cn1c(=NC(=O)c2ccc3c(c2)CCCC3)sc2cc(S(N)(=O)=O)ccc21. The Morgan fingerprint density at radius 1 is 1.12 bits per heavy atom. The first-order valence-corrected chi connectivity index (χ1v) is 12.6. The standard InChI is InChI=1S/C22H23N3O5S2/c1-2-30-20(26)13-25-18-10-9-17(32(23,28)29)12-19(18)31-22(25)24-21(27)16-8-7-14-5-3-4-6-15(14)11-16/h7-12H,2-6,13H2,1H3,(H2,23,28,29). The Morgan fingerprint density at radius 2 is 1.88 bits per heavy atom. The zero-order chi connectivity index (χ0) is 22.9. The van der Waals surface area contributed by atoms with Gasteiger partial charge in [0.05, 0.1) is 21.7 Å². The van der Waals surface area contributed by atoms with Crippen LogP contribution in [0.4, 0.5) is 0 Å². The number of nitrogens with zero attached hydrogens (tertiary/aromatic N) is 2. The Hall–Kier alpha value is -2.82. The average Bonchev–Trinajstić information content (AvgIpc) is 3.09. The Bertz CT molecular complexity index is 1390. The van der Waals surface area contributed by atoms with E-state index in [1.807, 2.05) is 12.1 Å². The third-order valence-electron chi connectivity index (χ3n) is 5.37. The minimum atomic E-state index is -3.90. The van der Waals surface area contributed by atoms with Crippen LogP contribution in [-0.4, -0.2) is 31.5 Å². The Balaban J connectivity index is 1.81. The molecule has 0 fully saturated rings. The number of esters is 1. The van der Waals surface area contributed by atoms with Crippen molar-refractivity contribution >= 4 is 43.5 Å². The molecule has 3 aromatic rings. The number of rotatable bonds is 5. The van der Waals surface area contributed by atoms with E-state index in [1.54, 1.807) is 23.6 Å². The smallest absolute Gasteiger partial charge is 0.326 e. The highest BCUT2D eigenvalue weighted by atomic mass is 32.2. The third-order valence-corrected chi connectivity index (χ3v) is 7.32. The van der Waals surface area contributed by atoms with Crippen molar-refractivity contribution < 1.29 is 22.7 Å². The van der Waals surface area contributed by atoms with Crippen LogP contribution in [0.2, 0.25) is 0 Å². The van der Waals surface area contributed by atoms with Crippen molar-refractivity contribution in [3.8, 4) is 0 Å². The molecule has 1 aliphatic carbocycles. The summed E-state index contributed by atoms with van der Waals surface area (Å²) in [6, 6.07) is 9.97. The summed E-state index contributed by atoms with van der Waals surface area (Å²) in [7, 11) is -3.90. The maximum absolute atomic E-state index is 13.0. The molecule has 2 N–H and O–H groups in total. The van der Waals surface area contributed by atoms with Gasteiger partial charge in [0.15, 0.2) is 4.80 Å². The van der Waals surface area contributed by atoms with E-state index in [-0.39, 0.29) is 22.8 Å². The molecule has 0 radical (unpaired) electrons. The van der Waals surface area contributed by atoms with Crippen LogP contribution in [0, 0.1) is 0 Å². The Morgan fingerprint density at radius 3 is 2.59 bits per heavy atom. The second kappa shape index (κ2) is 8.97. The first-order chi connectivity index (χ1) is 15.3. The monoisotopic (exact) mass is 473 g/mol. The molecule has 0 unspecified atom stereocenters. The van der Waals surface area contributed by atoms with Crippen molar-refractivity contribution in [2.45, 2.75) is 44.0 Å². The number of benzene rings is 2. The summed E-state index contributed by atoms with van der Waals surface area (Å²) >= 11 is 1.11. The van der Waals surface area contributed by atoms with Crippen LogP contribution in [0.3, 0.4) is 0 Å². The average molecular weight is 474 g/mol. The fourth-order valence-electron chi connectivity index (χ4n) is 3.82. The van der Waals surface area contributed by atoms with E-state index < -0.39 is 21.9 Å². The van der Waals surface area contributed by atoms with Gasteiger partial charge in [-0.05, 0) is 74.1 Å². The molecule has 0 bridgehead atoms. The number of amides is 1. The molecule has 10 heteroatoms. The number of carbonyl (C=O) groups is 2. The molecule has 168 valence electrons. The summed E-state index contributed by atoms with van der Waals surface area (Å²) in [5.41, 5.74) is 3.48. The molecule has 0 saturated heterocycles. The second-order valence-electron chi connectivity index (χ2n) is 7.56. The zero-order valence-corrected chi connectivity index (χ0v) is 19.2. The molecule has 4 rings (SSSR count). The number of carbonyl (C=O) groups excluding carboxylic acids is 2. The van der Waals surface area contributed by atoms with Crippen LogP contribution in [0.15, 0.2) is 46.3 Å². The maximum Gasteiger partial charge on any atom is 0.326 e. The van der Waals surface area contributed by atoms with Gasteiger partial charge in [-0.25, -0.2) is 13.6 Å². The highest BCUT2D eigenvalue weighted by Gasteiger charge is 2.17. The molecule has 0 atom stereocenters. The fourth-order valence-corrected chi connectivity index (χ4v) is 5.50. The lowest BCUT2D eigenvalue weighted by molar-refractivity contribution is -0.143. The number of aromatic nitrogens is 1. The summed E-state index contributed by atoms with van der Waals surface area (Å²) in [6.45, 7) is 1.77. The number of nitrogens with two attached hydrogens (primary N) is 1. The van der Waals surface area contributed by atoms with Crippen molar-refractivity contribution in [2.24, 2.45) is 10.1 Å². The molecule has 0 spiro atoms. The first-order valence-electron chi connectivity index (χ1n) is 10.3. The molecular weight excluding hydrogens is 450 g/mol. The minimum absolute atomic E-state index is 0.0536. The lowest BCUT2D eigenvalue weighted by Gasteiger charge is -2.15. The quantitative estimate of drug-likeness (QED) is 0.571. The van der Waals surface area contributed by atoms with Gasteiger partial charge in [-0.15, -0.1) is 0 Å². The third kappa shape index (κ3) is 4.67. The van der Waals surface area contributed by atoms with Crippen molar-refractivity contribution in [1.82, 2.24) is 4.57 Å². The van der Waals surface area contributed by atoms with Gasteiger partial charge in [0.1, 0.15) is 6.54 Å². The van der Waals surface area contributed by atoms with Crippen LogP contribution in [-0.2, 0) is 38.9 Å². The highest BCUT2D eigenvalue weighted by molar-refractivity contribution is 7.89. The largest absolute Gasteiger partial charge is 0.465 e. The van der Waals surface area contributed by atoms with Gasteiger partial charge in [-0.2, -0.15) is 4.99 Å². The molecule has 1 aromatic heterocycles. The van der Waals surface area contributed by atoms with Gasteiger partial charge in [0, 0.05) is 5.56 Å². The molecular formula is C22H23N3O5S2. The van der Waals surface area contributed by atoms with Crippen molar-refractivity contribution in [3.63, 3.8) is 0 Å². The van der Waals surface area contributed by atoms with Gasteiger partial charge in [0.2, 0.25) is 10.0 Å². The number of thiazole rings is 1. The van der Waals surface area contributed by atoms with Gasteiger partial charge < -0.3 is 9.30 Å². The lowest BCUT2D eigenvalue weighted by Crippen LogP contribution is -2.23. The number of primary sulfonamides is 1. The Kier molecular flexibility index (Phi) is 6.27. The van der Waals surface area contributed by atoms with E-state index in [1.165, 1.54) is 23.3 Å². The van der Waals surface area contributed by atoms with Crippen LogP contribution >= 0.6 is 11.3 Å². The number of fused-ring (bicyclic) bond motifs is 2. The molecule has 1 heterocycles. The number of hydrogen-bond acceptors (Lipinski definition) is 6. The number of hydrogen-bond donors (Lipinski definition) is 1. The van der Waals surface area contributed by atoms with Crippen LogP contribution in [0.5, 0.6) is 0 Å². The number of ether oxygens (including phenoxy) is 1.